The highest BCUT2D eigenvalue weighted by atomic mass is 32.7. The first-order valence-corrected chi connectivity index (χ1v) is 19.5. The van der Waals surface area contributed by atoms with Crippen LogP contribution in [-0.4, -0.2) is 112 Å². The van der Waals surface area contributed by atoms with Gasteiger partial charge in [-0.15, -0.1) is 0 Å². The zero-order valence-electron chi connectivity index (χ0n) is 24.5. The molecular formula is C24H30F2N10O8P2S2. The van der Waals surface area contributed by atoms with Gasteiger partial charge in [-0.05, 0) is 0 Å². The lowest BCUT2D eigenvalue weighted by molar-refractivity contribution is -0.0427. The molecule has 2 aliphatic rings. The lowest BCUT2D eigenvalue weighted by Gasteiger charge is -2.16. The summed E-state index contributed by atoms with van der Waals surface area (Å²) < 4.78 is 77.6. The van der Waals surface area contributed by atoms with Crippen molar-refractivity contribution in [3.8, 4) is 0 Å². The van der Waals surface area contributed by atoms with Crippen LogP contribution in [0.2, 0.25) is 0 Å². The minimum atomic E-state index is -2.79. The smallest absolute Gasteiger partial charge is 0.243 e. The van der Waals surface area contributed by atoms with E-state index >= 15 is 8.78 Å². The molecule has 0 amide bonds. The van der Waals surface area contributed by atoms with Crippen molar-refractivity contribution in [2.75, 3.05) is 36.9 Å². The van der Waals surface area contributed by atoms with E-state index < -0.39 is 76.9 Å². The molecule has 10 atom stereocenters. The Labute approximate surface area is 281 Å². The highest BCUT2D eigenvalue weighted by Crippen LogP contribution is 2.42. The van der Waals surface area contributed by atoms with Gasteiger partial charge in [0.05, 0.1) is 25.9 Å². The Kier molecular flexibility index (Phi) is 11.3. The summed E-state index contributed by atoms with van der Waals surface area (Å²) in [4.78, 5) is 25.5. The monoisotopic (exact) mass is 750 g/mol. The highest BCUT2D eigenvalue weighted by Gasteiger charge is 2.49. The third kappa shape index (κ3) is 7.09. The quantitative estimate of drug-likeness (QED) is 0.0615. The molecule has 24 heteroatoms. The summed E-state index contributed by atoms with van der Waals surface area (Å²) in [5, 5.41) is 25.4. The molecule has 0 aromatic carbocycles. The second-order valence-corrected chi connectivity index (χ2v) is 14.1. The first-order valence-electron chi connectivity index (χ1n) is 14.3. The van der Waals surface area contributed by atoms with Gasteiger partial charge in [0.2, 0.25) is 14.5 Å². The molecule has 0 saturated carbocycles. The Morgan fingerprint density at radius 3 is 1.56 bits per heavy atom. The fraction of sp³-hybridized carbons (Fsp3) is 0.500. The molecule has 18 nitrogen and oxygen atoms in total. The summed E-state index contributed by atoms with van der Waals surface area (Å²) >= 11 is 7.42. The van der Waals surface area contributed by atoms with Crippen LogP contribution < -0.4 is 10.6 Å². The number of aliphatic hydroxyl groups is 2. The molecule has 4 aromatic rings. The predicted molar refractivity (Wildman–Crippen MR) is 174 cm³/mol. The van der Waals surface area contributed by atoms with Crippen LogP contribution in [0.3, 0.4) is 0 Å². The van der Waals surface area contributed by atoms with E-state index in [4.69, 9.17) is 18.5 Å². The number of nitrogens with one attached hydrogen (secondary N) is 2. The second-order valence-electron chi connectivity index (χ2n) is 10.4. The van der Waals surface area contributed by atoms with Gasteiger partial charge >= 0.3 is 0 Å². The van der Waals surface area contributed by atoms with Crippen LogP contribution in [0, 0.1) is 0 Å². The molecule has 0 radical (unpaired) electrons. The Bertz CT molecular complexity index is 1700. The number of alkyl halides is 2. The van der Waals surface area contributed by atoms with Gasteiger partial charge in [-0.1, -0.05) is 36.6 Å². The number of halogens is 2. The van der Waals surface area contributed by atoms with Crippen molar-refractivity contribution in [2.24, 2.45) is 0 Å². The summed E-state index contributed by atoms with van der Waals surface area (Å²) in [5.41, 5.74) is 1.22. The first-order chi connectivity index (χ1) is 23.2. The van der Waals surface area contributed by atoms with Crippen molar-refractivity contribution < 1.29 is 46.6 Å². The molecular weight excluding hydrogens is 720 g/mol. The standard InChI is InChI=1S/C24H30F2N10O8P2S2/c25-13-17(43-45(39)47)11(5-37)41-23(13)35-9-33-15-19(29-7-31-21(15)35)27-3-1-2-4-28-20-16-22(32-8-30-20)36(10-34-16)24-14(26)18(44-46(40)48)12(6-38)42-24/h1-2,7-14,17-18,23-24,37-38,45-46H,3-6H2,(H,39,47)(H,40,48)(H,27,29,31)(H,28,30,32)/b2-1-/t11?,12?,13-,14-,17-,18-,23-,24-/m1/s1. The van der Waals surface area contributed by atoms with E-state index in [0.717, 1.165) is 0 Å². The zero-order chi connectivity index (χ0) is 33.9. The zero-order valence-corrected chi connectivity index (χ0v) is 28.3. The SMILES string of the molecule is O=[PH](S)O[C@@H]1C(CO)O[C@@H](n2cnc3c(NC/C=C\CNc4ncnc5c4ncn5[C@@H]4OC(CO)[C@@H](O[PH](=O)S)[C@H]4F)ncnc32)[C@@H]1F. The summed E-state index contributed by atoms with van der Waals surface area (Å²) in [6, 6.07) is 0. The Balaban J connectivity index is 1.07. The van der Waals surface area contributed by atoms with Gasteiger partial charge < -0.3 is 39.4 Å². The molecule has 2 saturated heterocycles. The number of thiol groups is 2. The fourth-order valence-electron chi connectivity index (χ4n) is 5.46. The molecule has 6 rings (SSSR count). The predicted octanol–water partition coefficient (Wildman–Crippen LogP) is 1.91. The molecule has 4 N–H and O–H groups in total. The van der Waals surface area contributed by atoms with Crippen LogP contribution in [0.15, 0.2) is 37.5 Å². The van der Waals surface area contributed by atoms with Gasteiger partial charge in [-0.25, -0.2) is 38.7 Å². The third-order valence-corrected chi connectivity index (χ3v) is 9.15. The minimum Gasteiger partial charge on any atom is -0.394 e. The van der Waals surface area contributed by atoms with E-state index in [2.05, 4.69) is 65.0 Å². The molecule has 2 fully saturated rings. The van der Waals surface area contributed by atoms with Gasteiger partial charge in [0.25, 0.3) is 0 Å². The van der Waals surface area contributed by atoms with Crippen LogP contribution in [-0.2, 0) is 27.7 Å². The number of aromatic nitrogens is 8. The lowest BCUT2D eigenvalue weighted by Crippen LogP contribution is -2.31. The maximum Gasteiger partial charge on any atom is 0.243 e. The van der Waals surface area contributed by atoms with Gasteiger partial charge in [0.1, 0.15) is 37.1 Å². The summed E-state index contributed by atoms with van der Waals surface area (Å²) in [5.74, 6) is 0.746. The Hall–Kier alpha value is -2.78. The number of hydrogen-bond donors (Lipinski definition) is 6. The van der Waals surface area contributed by atoms with Crippen LogP contribution in [0.4, 0.5) is 20.4 Å². The van der Waals surface area contributed by atoms with E-state index in [9.17, 15) is 19.3 Å². The number of fused-ring (bicyclic) bond motifs is 2. The van der Waals surface area contributed by atoms with E-state index in [1.807, 2.05) is 12.2 Å². The molecule has 2 aliphatic heterocycles. The van der Waals surface area contributed by atoms with Crippen LogP contribution >= 0.6 is 39.0 Å². The van der Waals surface area contributed by atoms with E-state index in [1.54, 1.807) is 0 Å². The van der Waals surface area contributed by atoms with Crippen LogP contribution in [0.1, 0.15) is 12.5 Å². The van der Waals surface area contributed by atoms with Crippen molar-refractivity contribution in [3.05, 3.63) is 37.5 Å². The number of imidazole rings is 2. The number of aliphatic hydroxyl groups excluding tert-OH is 2. The maximum atomic E-state index is 15.2. The van der Waals surface area contributed by atoms with Gasteiger partial charge in [-0.3, -0.25) is 18.3 Å². The van der Waals surface area contributed by atoms with Gasteiger partial charge in [-0.2, -0.15) is 0 Å². The lowest BCUT2D eigenvalue weighted by atomic mass is 10.1. The van der Waals surface area contributed by atoms with Crippen molar-refractivity contribution in [3.63, 3.8) is 0 Å². The van der Waals surface area contributed by atoms with E-state index in [1.165, 1.54) is 34.4 Å². The van der Waals surface area contributed by atoms with E-state index in [-0.39, 0.29) is 11.3 Å². The van der Waals surface area contributed by atoms with Crippen molar-refractivity contribution in [2.45, 2.75) is 49.2 Å². The van der Waals surface area contributed by atoms with Crippen molar-refractivity contribution >= 4 is 72.9 Å². The highest BCUT2D eigenvalue weighted by molar-refractivity contribution is 8.39. The molecule has 0 spiro atoms. The number of nitrogens with zero attached hydrogens (tertiary/aromatic N) is 8. The number of hydrogen-bond acceptors (Lipinski definition) is 16. The molecule has 48 heavy (non-hydrogen) atoms. The molecule has 0 bridgehead atoms. The largest absolute Gasteiger partial charge is 0.394 e. The van der Waals surface area contributed by atoms with Crippen LogP contribution in [0.25, 0.3) is 22.3 Å². The summed E-state index contributed by atoms with van der Waals surface area (Å²) in [6.07, 6.45) is -1.86. The second kappa shape index (κ2) is 15.4. The van der Waals surface area contributed by atoms with Gasteiger partial charge in [0.15, 0.2) is 58.8 Å². The Morgan fingerprint density at radius 1 is 0.771 bits per heavy atom. The molecule has 0 aliphatic carbocycles. The molecule has 4 aromatic heterocycles. The normalized spacial score (nSPS) is 28.9. The van der Waals surface area contributed by atoms with Crippen molar-refractivity contribution in [1.82, 2.24) is 39.0 Å². The number of rotatable bonds is 14. The Morgan fingerprint density at radius 2 is 1.19 bits per heavy atom. The fourth-order valence-corrected chi connectivity index (χ4v) is 7.22. The average molecular weight is 751 g/mol. The topological polar surface area (TPSA) is 223 Å². The maximum absolute atomic E-state index is 15.2. The third-order valence-electron chi connectivity index (χ3n) is 7.57. The first kappa shape index (κ1) is 35.1. The van der Waals surface area contributed by atoms with E-state index in [0.29, 0.717) is 35.8 Å². The molecule has 4 unspecified atom stereocenters. The molecule has 6 heterocycles. The summed E-state index contributed by atoms with van der Waals surface area (Å²) in [6.45, 7) is -0.455. The minimum absolute atomic E-state index is 0.267. The van der Waals surface area contributed by atoms with Crippen LogP contribution in [0.5, 0.6) is 0 Å². The number of ether oxygens (including phenoxy) is 2. The number of anilines is 2. The average Bonchev–Trinajstić information content (AvgIpc) is 3.83. The van der Waals surface area contributed by atoms with Gasteiger partial charge in [0, 0.05) is 13.1 Å². The summed E-state index contributed by atoms with van der Waals surface area (Å²) in [7, 11) is -5.58. The molecule has 260 valence electrons. The van der Waals surface area contributed by atoms with Crippen molar-refractivity contribution in [1.29, 1.82) is 0 Å².